The fourth-order valence-corrected chi connectivity index (χ4v) is 3.89. The third-order valence-electron chi connectivity index (χ3n) is 5.90. The molecule has 2 atom stereocenters. The highest BCUT2D eigenvalue weighted by molar-refractivity contribution is 5.94. The first-order chi connectivity index (χ1) is 16.4. The van der Waals surface area contributed by atoms with E-state index in [9.17, 15) is 9.59 Å². The van der Waals surface area contributed by atoms with Crippen molar-refractivity contribution in [1.82, 2.24) is 10.3 Å². The minimum Gasteiger partial charge on any atom is -0.465 e. The zero-order valence-electron chi connectivity index (χ0n) is 20.0. The van der Waals surface area contributed by atoms with Crippen molar-refractivity contribution in [3.8, 4) is 11.1 Å². The normalized spacial score (nSPS) is 12.7. The van der Waals surface area contributed by atoms with Crippen molar-refractivity contribution >= 4 is 11.9 Å². The molecule has 0 fully saturated rings. The van der Waals surface area contributed by atoms with Crippen molar-refractivity contribution in [2.75, 3.05) is 13.2 Å². The van der Waals surface area contributed by atoms with Crippen LogP contribution in [0.4, 0.5) is 0 Å². The minimum absolute atomic E-state index is 0.125. The predicted octanol–water partition coefficient (Wildman–Crippen LogP) is 4.35. The third-order valence-corrected chi connectivity index (χ3v) is 5.90. The van der Waals surface area contributed by atoms with E-state index in [0.29, 0.717) is 31.1 Å². The number of carbonyl (C=O) groups is 2. The Morgan fingerprint density at radius 2 is 1.56 bits per heavy atom. The van der Waals surface area contributed by atoms with Gasteiger partial charge in [0.25, 0.3) is 5.91 Å². The van der Waals surface area contributed by atoms with Crippen molar-refractivity contribution in [2.24, 2.45) is 11.7 Å². The van der Waals surface area contributed by atoms with Gasteiger partial charge in [-0.25, -0.2) is 0 Å². The molecule has 0 unspecified atom stereocenters. The van der Waals surface area contributed by atoms with E-state index in [1.807, 2.05) is 24.3 Å². The summed E-state index contributed by atoms with van der Waals surface area (Å²) in [5.74, 6) is 0.00857. The SMILES string of the molecule is CCOC(=O)[C@@H](N)Cc1ccc(C(=O)NC[C@@H](c2ccc(-c3ccncc3)cc2)C(C)C)cc1. The number of nitrogens with one attached hydrogen (secondary N) is 1. The molecule has 0 saturated heterocycles. The van der Waals surface area contributed by atoms with Crippen molar-refractivity contribution in [1.29, 1.82) is 0 Å². The minimum atomic E-state index is -0.712. The second kappa shape index (κ2) is 12.1. The summed E-state index contributed by atoms with van der Waals surface area (Å²) in [6, 6.07) is 18.9. The lowest BCUT2D eigenvalue weighted by Gasteiger charge is -2.22. The number of benzene rings is 2. The Morgan fingerprint density at radius 3 is 2.15 bits per heavy atom. The maximum atomic E-state index is 12.8. The Labute approximate surface area is 201 Å². The molecule has 34 heavy (non-hydrogen) atoms. The molecule has 1 aromatic heterocycles. The highest BCUT2D eigenvalue weighted by Gasteiger charge is 2.18. The average molecular weight is 460 g/mol. The van der Waals surface area contributed by atoms with Gasteiger partial charge in [0.2, 0.25) is 0 Å². The van der Waals surface area contributed by atoms with Crippen LogP contribution in [0.3, 0.4) is 0 Å². The second-order valence-corrected chi connectivity index (χ2v) is 8.68. The summed E-state index contributed by atoms with van der Waals surface area (Å²) in [6.45, 7) is 6.92. The van der Waals surface area contributed by atoms with Gasteiger partial charge >= 0.3 is 5.97 Å². The molecule has 178 valence electrons. The topological polar surface area (TPSA) is 94.3 Å². The Balaban J connectivity index is 1.60. The molecule has 1 amide bonds. The number of pyridine rings is 1. The van der Waals surface area contributed by atoms with Crippen LogP contribution in [0.1, 0.15) is 48.2 Å². The fourth-order valence-electron chi connectivity index (χ4n) is 3.89. The monoisotopic (exact) mass is 459 g/mol. The summed E-state index contributed by atoms with van der Waals surface area (Å²) in [5, 5.41) is 3.07. The first-order valence-corrected chi connectivity index (χ1v) is 11.7. The summed E-state index contributed by atoms with van der Waals surface area (Å²) in [7, 11) is 0. The van der Waals surface area contributed by atoms with Crippen molar-refractivity contribution in [3.63, 3.8) is 0 Å². The van der Waals surface area contributed by atoms with Crippen molar-refractivity contribution < 1.29 is 14.3 Å². The zero-order valence-corrected chi connectivity index (χ0v) is 20.0. The Hall–Kier alpha value is -3.51. The molecule has 6 nitrogen and oxygen atoms in total. The van der Waals surface area contributed by atoms with Gasteiger partial charge in [0.15, 0.2) is 0 Å². The van der Waals surface area contributed by atoms with E-state index in [0.717, 1.165) is 16.7 Å². The fraction of sp³-hybridized carbons (Fsp3) is 0.321. The number of rotatable bonds is 10. The highest BCUT2D eigenvalue weighted by atomic mass is 16.5. The van der Waals surface area contributed by atoms with E-state index in [-0.39, 0.29) is 11.8 Å². The van der Waals surface area contributed by atoms with Gasteiger partial charge in [0.1, 0.15) is 6.04 Å². The number of amides is 1. The summed E-state index contributed by atoms with van der Waals surface area (Å²) < 4.78 is 4.95. The molecule has 0 aliphatic rings. The first kappa shape index (κ1) is 25.1. The smallest absolute Gasteiger partial charge is 0.323 e. The predicted molar refractivity (Wildman–Crippen MR) is 134 cm³/mol. The maximum Gasteiger partial charge on any atom is 0.323 e. The molecule has 0 aliphatic heterocycles. The lowest BCUT2D eigenvalue weighted by Crippen LogP contribution is -2.34. The molecular formula is C28H33N3O3. The number of ether oxygens (including phenoxy) is 1. The van der Waals surface area contributed by atoms with E-state index in [1.165, 1.54) is 5.56 Å². The zero-order chi connectivity index (χ0) is 24.5. The van der Waals surface area contributed by atoms with Crippen LogP contribution in [-0.2, 0) is 16.0 Å². The van der Waals surface area contributed by atoms with E-state index in [4.69, 9.17) is 10.5 Å². The number of hydrogen-bond donors (Lipinski definition) is 2. The van der Waals surface area contributed by atoms with Gasteiger partial charge in [-0.1, -0.05) is 50.2 Å². The van der Waals surface area contributed by atoms with Gasteiger partial charge in [-0.05, 0) is 65.8 Å². The molecule has 3 N–H and O–H groups in total. The molecule has 0 spiro atoms. The van der Waals surface area contributed by atoms with Gasteiger partial charge in [0.05, 0.1) is 6.61 Å². The van der Waals surface area contributed by atoms with Crippen molar-refractivity contribution in [3.05, 3.63) is 89.7 Å². The maximum absolute atomic E-state index is 12.8. The van der Waals surface area contributed by atoms with Crippen LogP contribution >= 0.6 is 0 Å². The molecule has 2 aromatic carbocycles. The van der Waals surface area contributed by atoms with Crippen LogP contribution in [0, 0.1) is 5.92 Å². The molecule has 0 radical (unpaired) electrons. The first-order valence-electron chi connectivity index (χ1n) is 11.7. The van der Waals surface area contributed by atoms with Gasteiger partial charge in [-0.2, -0.15) is 0 Å². The average Bonchev–Trinajstić information content (AvgIpc) is 2.85. The van der Waals surface area contributed by atoms with Crippen molar-refractivity contribution in [2.45, 2.75) is 39.2 Å². The lowest BCUT2D eigenvalue weighted by molar-refractivity contribution is -0.144. The van der Waals surface area contributed by atoms with Crippen LogP contribution in [0.15, 0.2) is 73.1 Å². The molecule has 0 aliphatic carbocycles. The molecule has 0 bridgehead atoms. The largest absolute Gasteiger partial charge is 0.465 e. The number of nitrogens with zero attached hydrogens (tertiary/aromatic N) is 1. The number of esters is 1. The van der Waals surface area contributed by atoms with Gasteiger partial charge in [-0.3, -0.25) is 14.6 Å². The summed E-state index contributed by atoms with van der Waals surface area (Å²) in [4.78, 5) is 28.5. The molecule has 3 rings (SSSR count). The second-order valence-electron chi connectivity index (χ2n) is 8.68. The van der Waals surface area contributed by atoms with Crippen LogP contribution < -0.4 is 11.1 Å². The summed E-state index contributed by atoms with van der Waals surface area (Å²) in [6.07, 6.45) is 3.94. The highest BCUT2D eigenvalue weighted by Crippen LogP contribution is 2.27. The van der Waals surface area contributed by atoms with Crippen LogP contribution in [0.5, 0.6) is 0 Å². The number of nitrogens with two attached hydrogens (primary N) is 1. The van der Waals surface area contributed by atoms with Crippen LogP contribution in [0.25, 0.3) is 11.1 Å². The molecule has 0 saturated carbocycles. The quantitative estimate of drug-likeness (QED) is 0.440. The molecule has 6 heteroatoms. The number of carbonyl (C=O) groups excluding carboxylic acids is 2. The molecule has 3 aromatic rings. The summed E-state index contributed by atoms with van der Waals surface area (Å²) in [5.41, 5.74) is 10.8. The Morgan fingerprint density at radius 1 is 0.941 bits per heavy atom. The van der Waals surface area contributed by atoms with E-state index >= 15 is 0 Å². The van der Waals surface area contributed by atoms with Crippen LogP contribution in [-0.4, -0.2) is 36.1 Å². The standard InChI is InChI=1S/C28H33N3O3/c1-4-34-28(33)26(29)17-20-5-7-24(8-6-20)27(32)31-18-25(19(2)3)23-11-9-21(10-12-23)22-13-15-30-16-14-22/h5-16,19,25-26H,4,17-18,29H2,1-3H3,(H,31,32)/t25-,26+/m1/s1. The van der Waals surface area contributed by atoms with Gasteiger partial charge in [-0.15, -0.1) is 0 Å². The third kappa shape index (κ3) is 6.75. The van der Waals surface area contributed by atoms with Gasteiger partial charge in [0, 0.05) is 30.4 Å². The Kier molecular flexibility index (Phi) is 8.93. The molecular weight excluding hydrogens is 426 g/mol. The van der Waals surface area contributed by atoms with E-state index in [1.54, 1.807) is 31.5 Å². The summed E-state index contributed by atoms with van der Waals surface area (Å²) >= 11 is 0. The van der Waals surface area contributed by atoms with E-state index in [2.05, 4.69) is 48.4 Å². The number of aromatic nitrogens is 1. The van der Waals surface area contributed by atoms with E-state index < -0.39 is 12.0 Å². The Bertz CT molecular complexity index is 1060. The molecule has 1 heterocycles. The van der Waals surface area contributed by atoms with Crippen LogP contribution in [0.2, 0.25) is 0 Å². The lowest BCUT2D eigenvalue weighted by atomic mass is 9.87. The number of hydrogen-bond acceptors (Lipinski definition) is 5. The van der Waals surface area contributed by atoms with Gasteiger partial charge < -0.3 is 15.8 Å².